The first-order valence-electron chi connectivity index (χ1n) is 8.82. The van der Waals surface area contributed by atoms with Gasteiger partial charge in [0.25, 0.3) is 0 Å². The van der Waals surface area contributed by atoms with Crippen molar-refractivity contribution in [2.45, 2.75) is 19.8 Å². The van der Waals surface area contributed by atoms with Crippen LogP contribution in [0.5, 0.6) is 0 Å². The van der Waals surface area contributed by atoms with Gasteiger partial charge in [0.1, 0.15) is 5.82 Å². The molecule has 2 heterocycles. The maximum Gasteiger partial charge on any atom is 0.239 e. The molecule has 25 heavy (non-hydrogen) atoms. The highest BCUT2D eigenvalue weighted by atomic mass is 16.3. The fraction of sp³-hybridized carbons (Fsp3) is 0.400. The molecule has 1 saturated heterocycles. The lowest BCUT2D eigenvalue weighted by Gasteiger charge is -2.30. The molecule has 5 nitrogen and oxygen atoms in total. The number of aliphatic hydroxyl groups is 1. The SMILES string of the molecule is Cc1nc(NC(=O)CN2CCC(CO)CC2)ccc1-c1ccccc1. The largest absolute Gasteiger partial charge is 0.396 e. The van der Waals surface area contributed by atoms with Gasteiger partial charge < -0.3 is 10.4 Å². The van der Waals surface area contributed by atoms with Crippen LogP contribution in [0.15, 0.2) is 42.5 Å². The average molecular weight is 339 g/mol. The van der Waals surface area contributed by atoms with Gasteiger partial charge in [-0.2, -0.15) is 0 Å². The molecular weight excluding hydrogens is 314 g/mol. The van der Waals surface area contributed by atoms with Crippen LogP contribution in [0.1, 0.15) is 18.5 Å². The number of anilines is 1. The van der Waals surface area contributed by atoms with Crippen LogP contribution >= 0.6 is 0 Å². The second kappa shape index (κ2) is 8.23. The van der Waals surface area contributed by atoms with Gasteiger partial charge in [-0.15, -0.1) is 0 Å². The number of piperidine rings is 1. The zero-order valence-corrected chi connectivity index (χ0v) is 14.6. The van der Waals surface area contributed by atoms with Gasteiger partial charge in [-0.3, -0.25) is 9.69 Å². The average Bonchev–Trinajstić information content (AvgIpc) is 2.63. The van der Waals surface area contributed by atoms with E-state index in [0.717, 1.165) is 42.8 Å². The number of likely N-dealkylation sites (tertiary alicyclic amines) is 1. The Kier molecular flexibility index (Phi) is 5.79. The first-order valence-corrected chi connectivity index (χ1v) is 8.82. The minimum absolute atomic E-state index is 0.0400. The number of amides is 1. The predicted octanol–water partition coefficient (Wildman–Crippen LogP) is 2.70. The highest BCUT2D eigenvalue weighted by molar-refractivity contribution is 5.91. The van der Waals surface area contributed by atoms with Gasteiger partial charge in [0.05, 0.1) is 6.54 Å². The van der Waals surface area contributed by atoms with Crippen LogP contribution < -0.4 is 5.32 Å². The number of aliphatic hydroxyl groups excluding tert-OH is 1. The van der Waals surface area contributed by atoms with E-state index in [4.69, 9.17) is 0 Å². The third-order valence-corrected chi connectivity index (χ3v) is 4.77. The van der Waals surface area contributed by atoms with Crippen molar-refractivity contribution in [2.75, 3.05) is 31.6 Å². The number of nitrogens with one attached hydrogen (secondary N) is 1. The number of hydrogen-bond acceptors (Lipinski definition) is 4. The summed E-state index contributed by atoms with van der Waals surface area (Å²) >= 11 is 0. The Bertz CT molecular complexity index is 710. The Hall–Kier alpha value is -2.24. The molecule has 1 fully saturated rings. The number of hydrogen-bond donors (Lipinski definition) is 2. The fourth-order valence-electron chi connectivity index (χ4n) is 3.27. The van der Waals surface area contributed by atoms with Crippen molar-refractivity contribution in [3.05, 3.63) is 48.2 Å². The van der Waals surface area contributed by atoms with Crippen LogP contribution in [0.4, 0.5) is 5.82 Å². The van der Waals surface area contributed by atoms with E-state index in [1.165, 1.54) is 0 Å². The summed E-state index contributed by atoms with van der Waals surface area (Å²) in [7, 11) is 0. The van der Waals surface area contributed by atoms with E-state index < -0.39 is 0 Å². The molecule has 1 aromatic heterocycles. The summed E-state index contributed by atoms with van der Waals surface area (Å²) in [4.78, 5) is 18.9. The number of rotatable bonds is 5. The number of benzene rings is 1. The normalized spacial score (nSPS) is 15.9. The molecule has 0 spiro atoms. The predicted molar refractivity (Wildman–Crippen MR) is 99.3 cm³/mol. The monoisotopic (exact) mass is 339 g/mol. The lowest BCUT2D eigenvalue weighted by molar-refractivity contribution is -0.117. The van der Waals surface area contributed by atoms with Gasteiger partial charge in [0, 0.05) is 17.9 Å². The Morgan fingerprint density at radius 1 is 1.20 bits per heavy atom. The highest BCUT2D eigenvalue weighted by Crippen LogP contribution is 2.23. The first-order chi connectivity index (χ1) is 12.2. The lowest BCUT2D eigenvalue weighted by Crippen LogP contribution is -2.39. The molecule has 3 rings (SSSR count). The lowest BCUT2D eigenvalue weighted by atomic mass is 9.98. The van der Waals surface area contributed by atoms with E-state index in [0.29, 0.717) is 18.3 Å². The van der Waals surface area contributed by atoms with E-state index in [1.54, 1.807) is 0 Å². The number of nitrogens with zero attached hydrogens (tertiary/aromatic N) is 2. The molecule has 0 atom stereocenters. The molecule has 132 valence electrons. The third-order valence-electron chi connectivity index (χ3n) is 4.77. The van der Waals surface area contributed by atoms with E-state index in [9.17, 15) is 9.90 Å². The number of aryl methyl sites for hydroxylation is 1. The van der Waals surface area contributed by atoms with Crippen LogP contribution in [0.2, 0.25) is 0 Å². The van der Waals surface area contributed by atoms with Crippen LogP contribution in [-0.4, -0.2) is 47.1 Å². The molecule has 0 aliphatic carbocycles. The molecule has 0 radical (unpaired) electrons. The molecule has 1 aliphatic heterocycles. The van der Waals surface area contributed by atoms with Crippen molar-refractivity contribution in [1.29, 1.82) is 0 Å². The van der Waals surface area contributed by atoms with Crippen LogP contribution in [-0.2, 0) is 4.79 Å². The van der Waals surface area contributed by atoms with Crippen molar-refractivity contribution in [3.63, 3.8) is 0 Å². The summed E-state index contributed by atoms with van der Waals surface area (Å²) in [5.74, 6) is 0.934. The number of carbonyl (C=O) groups excluding carboxylic acids is 1. The van der Waals surface area contributed by atoms with Crippen molar-refractivity contribution in [3.8, 4) is 11.1 Å². The maximum atomic E-state index is 12.3. The summed E-state index contributed by atoms with van der Waals surface area (Å²) in [6, 6.07) is 14.0. The Balaban J connectivity index is 1.58. The van der Waals surface area contributed by atoms with Crippen LogP contribution in [0.25, 0.3) is 11.1 Å². The Morgan fingerprint density at radius 2 is 1.92 bits per heavy atom. The summed E-state index contributed by atoms with van der Waals surface area (Å²) < 4.78 is 0. The van der Waals surface area contributed by atoms with Crippen molar-refractivity contribution < 1.29 is 9.90 Å². The van der Waals surface area contributed by atoms with Crippen LogP contribution in [0, 0.1) is 12.8 Å². The fourth-order valence-corrected chi connectivity index (χ4v) is 3.27. The molecule has 1 amide bonds. The quantitative estimate of drug-likeness (QED) is 0.879. The molecule has 5 heteroatoms. The zero-order valence-electron chi connectivity index (χ0n) is 14.6. The van der Waals surface area contributed by atoms with Gasteiger partial charge in [0.15, 0.2) is 0 Å². The second-order valence-corrected chi connectivity index (χ2v) is 6.65. The van der Waals surface area contributed by atoms with E-state index >= 15 is 0 Å². The molecule has 0 bridgehead atoms. The van der Waals surface area contributed by atoms with Gasteiger partial charge in [0.2, 0.25) is 5.91 Å². The van der Waals surface area contributed by atoms with E-state index in [-0.39, 0.29) is 12.5 Å². The zero-order chi connectivity index (χ0) is 17.6. The highest BCUT2D eigenvalue weighted by Gasteiger charge is 2.20. The van der Waals surface area contributed by atoms with E-state index in [2.05, 4.69) is 27.3 Å². The smallest absolute Gasteiger partial charge is 0.239 e. The maximum absolute atomic E-state index is 12.3. The van der Waals surface area contributed by atoms with Crippen molar-refractivity contribution >= 4 is 11.7 Å². The Morgan fingerprint density at radius 3 is 2.56 bits per heavy atom. The molecule has 0 saturated carbocycles. The minimum atomic E-state index is -0.0400. The first kappa shape index (κ1) is 17.6. The summed E-state index contributed by atoms with van der Waals surface area (Å²) in [6.07, 6.45) is 1.90. The van der Waals surface area contributed by atoms with Crippen molar-refractivity contribution in [2.24, 2.45) is 5.92 Å². The second-order valence-electron chi connectivity index (χ2n) is 6.65. The molecule has 0 unspecified atom stereocenters. The van der Waals surface area contributed by atoms with Gasteiger partial charge in [-0.05, 0) is 56.5 Å². The Labute approximate surface area is 148 Å². The van der Waals surface area contributed by atoms with Crippen molar-refractivity contribution in [1.82, 2.24) is 9.88 Å². The number of carbonyl (C=O) groups is 1. The topological polar surface area (TPSA) is 65.5 Å². The molecule has 2 aromatic rings. The minimum Gasteiger partial charge on any atom is -0.396 e. The standard InChI is InChI=1S/C20H25N3O2/c1-15-18(17-5-3-2-4-6-17)7-8-19(21-15)22-20(25)13-23-11-9-16(14-24)10-12-23/h2-8,16,24H,9-14H2,1H3,(H,21,22,25). The molecular formula is C20H25N3O2. The van der Waals surface area contributed by atoms with Gasteiger partial charge >= 0.3 is 0 Å². The number of pyridine rings is 1. The summed E-state index contributed by atoms with van der Waals surface area (Å²) in [6.45, 7) is 4.30. The third kappa shape index (κ3) is 4.65. The number of aromatic nitrogens is 1. The van der Waals surface area contributed by atoms with Gasteiger partial charge in [-0.1, -0.05) is 30.3 Å². The van der Waals surface area contributed by atoms with Crippen LogP contribution in [0.3, 0.4) is 0 Å². The molecule has 2 N–H and O–H groups in total. The summed E-state index contributed by atoms with van der Waals surface area (Å²) in [5.41, 5.74) is 3.09. The summed E-state index contributed by atoms with van der Waals surface area (Å²) in [5, 5.41) is 12.1. The van der Waals surface area contributed by atoms with Gasteiger partial charge in [-0.25, -0.2) is 4.98 Å². The molecule has 1 aliphatic rings. The molecule has 1 aromatic carbocycles. The van der Waals surface area contributed by atoms with E-state index in [1.807, 2.05) is 37.3 Å².